The van der Waals surface area contributed by atoms with Crippen LogP contribution in [0.15, 0.2) is 0 Å². The molecule has 0 heterocycles. The van der Waals surface area contributed by atoms with Crippen molar-refractivity contribution >= 4 is 8.80 Å². The largest absolute Gasteiger partial charge is 0.139 e. The number of hydrogen-bond acceptors (Lipinski definition) is 0. The Morgan fingerprint density at radius 3 is 1.89 bits per heavy atom. The van der Waals surface area contributed by atoms with Gasteiger partial charge < -0.3 is 0 Å². The number of terminal acetylenes is 1. The van der Waals surface area contributed by atoms with Crippen LogP contribution in [0.5, 0.6) is 0 Å². The van der Waals surface area contributed by atoms with E-state index >= 15 is 0 Å². The van der Waals surface area contributed by atoms with E-state index in [9.17, 15) is 0 Å². The van der Waals surface area contributed by atoms with E-state index in [0.717, 1.165) is 0 Å². The summed E-state index contributed by atoms with van der Waals surface area (Å²) in [5.41, 5.74) is 2.94. The van der Waals surface area contributed by atoms with Crippen LogP contribution in [0.1, 0.15) is 26.7 Å². The molecule has 0 radical (unpaired) electrons. The fourth-order valence-electron chi connectivity index (χ4n) is 1.01. The average molecular weight is 140 g/mol. The highest BCUT2D eigenvalue weighted by Crippen LogP contribution is 2.03. The normalized spacial score (nSPS) is 9.56. The molecule has 0 fully saturated rings. The second-order valence-corrected chi connectivity index (χ2v) is 5.32. The Morgan fingerprint density at radius 1 is 1.22 bits per heavy atom. The van der Waals surface area contributed by atoms with Gasteiger partial charge in [0.05, 0.1) is 0 Å². The van der Waals surface area contributed by atoms with Gasteiger partial charge in [0.2, 0.25) is 0 Å². The molecule has 0 unspecified atom stereocenters. The van der Waals surface area contributed by atoms with Crippen LogP contribution in [0.4, 0.5) is 0 Å². The second-order valence-electron chi connectivity index (χ2n) is 2.44. The quantitative estimate of drug-likeness (QED) is 0.415. The van der Waals surface area contributed by atoms with Gasteiger partial charge in [-0.25, -0.2) is 0 Å². The molecule has 0 aromatic heterocycles. The summed E-state index contributed by atoms with van der Waals surface area (Å²) in [4.78, 5) is 0. The van der Waals surface area contributed by atoms with Crippen molar-refractivity contribution in [2.75, 3.05) is 0 Å². The number of hydrogen-bond donors (Lipinski definition) is 0. The van der Waals surface area contributed by atoms with Crippen LogP contribution in [0.25, 0.3) is 0 Å². The van der Waals surface area contributed by atoms with Crippen molar-refractivity contribution in [3.05, 3.63) is 0 Å². The Kier molecular flexibility index (Phi) is 5.76. The summed E-state index contributed by atoms with van der Waals surface area (Å²) < 4.78 is 0. The minimum Gasteiger partial charge on any atom is -0.139 e. The first-order valence-corrected chi connectivity index (χ1v) is 6.02. The Balaban J connectivity index is 3.32. The lowest BCUT2D eigenvalue weighted by Crippen LogP contribution is -2.07. The summed E-state index contributed by atoms with van der Waals surface area (Å²) in [6, 6.07) is 2.68. The summed E-state index contributed by atoms with van der Waals surface area (Å²) >= 11 is 0. The van der Waals surface area contributed by atoms with Gasteiger partial charge in [-0.05, 0) is 12.1 Å². The molecule has 9 heavy (non-hydrogen) atoms. The van der Waals surface area contributed by atoms with E-state index < -0.39 is 8.80 Å². The van der Waals surface area contributed by atoms with Gasteiger partial charge in [-0.15, -0.1) is 12.0 Å². The zero-order valence-electron chi connectivity index (χ0n) is 6.48. The molecule has 0 spiro atoms. The monoisotopic (exact) mass is 140 g/mol. The van der Waals surface area contributed by atoms with Gasteiger partial charge in [0, 0.05) is 0 Å². The molecular weight excluding hydrogens is 124 g/mol. The van der Waals surface area contributed by atoms with Crippen LogP contribution < -0.4 is 0 Å². The van der Waals surface area contributed by atoms with Crippen molar-refractivity contribution in [3.8, 4) is 12.0 Å². The molecule has 0 amide bonds. The van der Waals surface area contributed by atoms with E-state index in [4.69, 9.17) is 6.42 Å². The maximum absolute atomic E-state index is 5.36. The fourth-order valence-corrected chi connectivity index (χ4v) is 3.02. The van der Waals surface area contributed by atoms with E-state index in [-0.39, 0.29) is 0 Å². The van der Waals surface area contributed by atoms with Crippen molar-refractivity contribution in [2.24, 2.45) is 0 Å². The maximum atomic E-state index is 5.36. The highest BCUT2D eigenvalue weighted by molar-refractivity contribution is 6.67. The van der Waals surface area contributed by atoms with Crippen LogP contribution >= 0.6 is 0 Å². The molecule has 0 saturated heterocycles. The summed E-state index contributed by atoms with van der Waals surface area (Å²) in [5.74, 6) is 0. The standard InChI is InChI=1S/C8H16Si/c1-4-7-9(6-3)8-5-2/h3,9H,4-5,7-8H2,1-2H3. The van der Waals surface area contributed by atoms with Crippen molar-refractivity contribution in [1.82, 2.24) is 0 Å². The predicted octanol–water partition coefficient (Wildman–Crippen LogP) is 2.21. The van der Waals surface area contributed by atoms with E-state index in [0.29, 0.717) is 0 Å². The number of rotatable bonds is 4. The molecule has 0 aliphatic rings. The summed E-state index contributed by atoms with van der Waals surface area (Å²) in [5, 5.41) is 0. The van der Waals surface area contributed by atoms with Gasteiger partial charge in [0.1, 0.15) is 8.80 Å². The third kappa shape index (κ3) is 4.29. The van der Waals surface area contributed by atoms with E-state index in [1.54, 1.807) is 0 Å². The molecule has 1 heteroatoms. The molecule has 0 N–H and O–H groups in total. The highest BCUT2D eigenvalue weighted by atomic mass is 28.3. The molecule has 0 atom stereocenters. The Labute approximate surface area is 60.3 Å². The lowest BCUT2D eigenvalue weighted by molar-refractivity contribution is 1.01. The zero-order chi connectivity index (χ0) is 7.11. The van der Waals surface area contributed by atoms with Gasteiger partial charge in [0.15, 0.2) is 0 Å². The molecule has 0 bridgehead atoms. The highest BCUT2D eigenvalue weighted by Gasteiger charge is 2.02. The van der Waals surface area contributed by atoms with Crippen LogP contribution in [0, 0.1) is 12.0 Å². The van der Waals surface area contributed by atoms with Crippen LogP contribution in [0.2, 0.25) is 12.1 Å². The summed E-state index contributed by atoms with van der Waals surface area (Å²) in [6.07, 6.45) is 7.91. The summed E-state index contributed by atoms with van der Waals surface area (Å²) in [6.45, 7) is 4.43. The van der Waals surface area contributed by atoms with Crippen LogP contribution in [-0.4, -0.2) is 8.80 Å². The minimum atomic E-state index is -0.685. The van der Waals surface area contributed by atoms with Gasteiger partial charge in [-0.2, -0.15) is 0 Å². The first-order valence-electron chi connectivity index (χ1n) is 3.81. The maximum Gasteiger partial charge on any atom is 0.122 e. The average Bonchev–Trinajstić information content (AvgIpc) is 1.88. The third-order valence-electron chi connectivity index (χ3n) is 1.51. The first kappa shape index (κ1) is 8.78. The molecule has 0 aromatic carbocycles. The van der Waals surface area contributed by atoms with Crippen LogP contribution in [-0.2, 0) is 0 Å². The SMILES string of the molecule is C#C[SiH](CCC)CCC. The Morgan fingerprint density at radius 2 is 1.67 bits per heavy atom. The Bertz CT molecular complexity index is 85.2. The predicted molar refractivity (Wildman–Crippen MR) is 46.2 cm³/mol. The second kappa shape index (κ2) is 5.91. The van der Waals surface area contributed by atoms with E-state index in [1.807, 2.05) is 0 Å². The third-order valence-corrected chi connectivity index (χ3v) is 4.53. The van der Waals surface area contributed by atoms with Crippen LogP contribution in [0.3, 0.4) is 0 Å². The van der Waals surface area contributed by atoms with Gasteiger partial charge in [0.25, 0.3) is 0 Å². The fraction of sp³-hybridized carbons (Fsp3) is 0.750. The molecule has 0 aromatic rings. The van der Waals surface area contributed by atoms with E-state index in [1.165, 1.54) is 24.9 Å². The Hall–Kier alpha value is -0.223. The van der Waals surface area contributed by atoms with Crippen molar-refractivity contribution < 1.29 is 0 Å². The first-order chi connectivity index (χ1) is 4.35. The molecular formula is C8H16Si. The van der Waals surface area contributed by atoms with Crippen molar-refractivity contribution in [1.29, 1.82) is 0 Å². The zero-order valence-corrected chi connectivity index (χ0v) is 7.64. The van der Waals surface area contributed by atoms with Gasteiger partial charge in [-0.1, -0.05) is 26.7 Å². The van der Waals surface area contributed by atoms with Crippen molar-refractivity contribution in [2.45, 2.75) is 38.8 Å². The minimum absolute atomic E-state index is 0.685. The van der Waals surface area contributed by atoms with Gasteiger partial charge in [-0.3, -0.25) is 0 Å². The lowest BCUT2D eigenvalue weighted by Gasteiger charge is -2.02. The molecule has 52 valence electrons. The summed E-state index contributed by atoms with van der Waals surface area (Å²) in [7, 11) is -0.685. The smallest absolute Gasteiger partial charge is 0.122 e. The molecule has 0 rings (SSSR count). The molecule has 0 saturated carbocycles. The molecule has 0 nitrogen and oxygen atoms in total. The van der Waals surface area contributed by atoms with E-state index in [2.05, 4.69) is 19.4 Å². The van der Waals surface area contributed by atoms with Gasteiger partial charge >= 0.3 is 0 Å². The molecule has 0 aliphatic carbocycles. The van der Waals surface area contributed by atoms with Crippen molar-refractivity contribution in [3.63, 3.8) is 0 Å². The topological polar surface area (TPSA) is 0 Å². The molecule has 0 aliphatic heterocycles. The lowest BCUT2D eigenvalue weighted by atomic mass is 10.6.